The van der Waals surface area contributed by atoms with E-state index < -0.39 is 0 Å². The van der Waals surface area contributed by atoms with Crippen molar-refractivity contribution in [3.63, 3.8) is 0 Å². The number of rotatable bonds is 6. The van der Waals surface area contributed by atoms with Crippen LogP contribution in [0, 0.1) is 0 Å². The molecule has 72 valence electrons. The minimum absolute atomic E-state index is 0.788. The number of hydrogen-bond donors (Lipinski definition) is 0. The molecule has 0 spiro atoms. The average molecular weight is 216 g/mol. The summed E-state index contributed by atoms with van der Waals surface area (Å²) < 4.78 is 0. The first-order valence-corrected chi connectivity index (χ1v) is 6.15. The van der Waals surface area contributed by atoms with Gasteiger partial charge in [0.1, 0.15) is 0 Å². The van der Waals surface area contributed by atoms with E-state index in [1.807, 2.05) is 24.2 Å². The molecule has 0 saturated heterocycles. The van der Waals surface area contributed by atoms with Crippen LogP contribution in [0.3, 0.4) is 0 Å². The van der Waals surface area contributed by atoms with Gasteiger partial charge in [-0.15, -0.1) is 11.6 Å². The van der Waals surface area contributed by atoms with Crippen LogP contribution in [-0.2, 0) is 5.75 Å². The molecule has 0 atom stereocenters. The summed E-state index contributed by atoms with van der Waals surface area (Å²) in [5.74, 6) is 3.08. The molecule has 1 aromatic heterocycles. The Bertz CT molecular complexity index is 215. The van der Waals surface area contributed by atoms with Gasteiger partial charge in [0.05, 0.1) is 0 Å². The molecular formula is C10H14ClNS. The highest BCUT2D eigenvalue weighted by Gasteiger charge is 1.92. The van der Waals surface area contributed by atoms with Gasteiger partial charge in [0.15, 0.2) is 0 Å². The summed E-state index contributed by atoms with van der Waals surface area (Å²) in [5, 5.41) is 0. The average Bonchev–Trinajstić information content (AvgIpc) is 2.19. The van der Waals surface area contributed by atoms with E-state index in [0.29, 0.717) is 0 Å². The smallest absolute Gasteiger partial charge is 0.0270 e. The third-order valence-corrected chi connectivity index (χ3v) is 3.07. The molecule has 3 heteroatoms. The van der Waals surface area contributed by atoms with Crippen molar-refractivity contribution < 1.29 is 0 Å². The number of halogens is 1. The first kappa shape index (κ1) is 10.9. The standard InChI is InChI=1S/C10H14ClNS/c11-5-1-2-8-13-9-10-3-6-12-7-4-10/h3-4,6-7H,1-2,5,8-9H2. The predicted molar refractivity (Wildman–Crippen MR) is 60.4 cm³/mol. The molecule has 0 radical (unpaired) electrons. The molecule has 1 aromatic rings. The van der Waals surface area contributed by atoms with Gasteiger partial charge < -0.3 is 0 Å². The normalized spacial score (nSPS) is 10.2. The Morgan fingerprint density at radius 2 is 2.00 bits per heavy atom. The summed E-state index contributed by atoms with van der Waals surface area (Å²) in [6, 6.07) is 4.13. The van der Waals surface area contributed by atoms with Crippen molar-refractivity contribution >= 4 is 23.4 Å². The van der Waals surface area contributed by atoms with Crippen LogP contribution in [0.5, 0.6) is 0 Å². The van der Waals surface area contributed by atoms with Crippen LogP contribution in [-0.4, -0.2) is 16.6 Å². The van der Waals surface area contributed by atoms with Crippen LogP contribution in [0.15, 0.2) is 24.5 Å². The zero-order valence-electron chi connectivity index (χ0n) is 7.58. The highest BCUT2D eigenvalue weighted by molar-refractivity contribution is 7.98. The lowest BCUT2D eigenvalue weighted by Crippen LogP contribution is -1.85. The lowest BCUT2D eigenvalue weighted by atomic mass is 10.3. The van der Waals surface area contributed by atoms with Crippen molar-refractivity contribution in [1.82, 2.24) is 4.98 Å². The van der Waals surface area contributed by atoms with E-state index in [9.17, 15) is 0 Å². The van der Waals surface area contributed by atoms with E-state index in [1.54, 1.807) is 0 Å². The van der Waals surface area contributed by atoms with Gasteiger partial charge in [-0.1, -0.05) is 0 Å². The molecule has 0 aliphatic heterocycles. The van der Waals surface area contributed by atoms with E-state index in [4.69, 9.17) is 11.6 Å². The van der Waals surface area contributed by atoms with Crippen molar-refractivity contribution in [2.45, 2.75) is 18.6 Å². The fraction of sp³-hybridized carbons (Fsp3) is 0.500. The maximum atomic E-state index is 5.58. The lowest BCUT2D eigenvalue weighted by molar-refractivity contribution is 0.902. The highest BCUT2D eigenvalue weighted by Crippen LogP contribution is 2.12. The Morgan fingerprint density at radius 1 is 1.23 bits per heavy atom. The van der Waals surface area contributed by atoms with E-state index in [2.05, 4.69) is 17.1 Å². The first-order valence-electron chi connectivity index (χ1n) is 4.46. The molecule has 0 amide bonds. The first-order chi connectivity index (χ1) is 6.43. The van der Waals surface area contributed by atoms with Crippen molar-refractivity contribution in [2.24, 2.45) is 0 Å². The van der Waals surface area contributed by atoms with Crippen LogP contribution < -0.4 is 0 Å². The minimum atomic E-state index is 0.788. The van der Waals surface area contributed by atoms with E-state index in [-0.39, 0.29) is 0 Å². The molecule has 0 bridgehead atoms. The second kappa shape index (κ2) is 7.22. The molecule has 0 saturated carbocycles. The summed E-state index contributed by atoms with van der Waals surface area (Å²) in [5.41, 5.74) is 1.35. The molecule has 1 nitrogen and oxygen atoms in total. The monoisotopic (exact) mass is 215 g/mol. The largest absolute Gasteiger partial charge is 0.265 e. The Hall–Kier alpha value is -0.210. The fourth-order valence-corrected chi connectivity index (χ4v) is 2.14. The fourth-order valence-electron chi connectivity index (χ4n) is 0.968. The Balaban J connectivity index is 2.07. The Labute approximate surface area is 88.9 Å². The zero-order valence-corrected chi connectivity index (χ0v) is 9.15. The molecule has 1 heterocycles. The highest BCUT2D eigenvalue weighted by atomic mass is 35.5. The molecule has 0 N–H and O–H groups in total. The molecule has 1 rings (SSSR count). The lowest BCUT2D eigenvalue weighted by Gasteiger charge is -2.00. The molecule has 0 aliphatic rings. The number of unbranched alkanes of at least 4 members (excludes halogenated alkanes) is 1. The van der Waals surface area contributed by atoms with Gasteiger partial charge in [-0.05, 0) is 36.3 Å². The van der Waals surface area contributed by atoms with Gasteiger partial charge in [0.2, 0.25) is 0 Å². The van der Waals surface area contributed by atoms with E-state index >= 15 is 0 Å². The number of hydrogen-bond acceptors (Lipinski definition) is 2. The SMILES string of the molecule is ClCCCCSCc1ccncc1. The number of alkyl halides is 1. The Morgan fingerprint density at radius 3 is 2.69 bits per heavy atom. The van der Waals surface area contributed by atoms with Crippen molar-refractivity contribution in [1.29, 1.82) is 0 Å². The van der Waals surface area contributed by atoms with Crippen LogP contribution in [0.1, 0.15) is 18.4 Å². The van der Waals surface area contributed by atoms with Gasteiger partial charge >= 0.3 is 0 Å². The summed E-state index contributed by atoms with van der Waals surface area (Å²) in [6.45, 7) is 0. The second-order valence-corrected chi connectivity index (χ2v) is 4.29. The zero-order chi connectivity index (χ0) is 9.36. The van der Waals surface area contributed by atoms with Gasteiger partial charge in [-0.2, -0.15) is 11.8 Å². The third-order valence-electron chi connectivity index (χ3n) is 1.69. The van der Waals surface area contributed by atoms with Gasteiger partial charge in [-0.3, -0.25) is 4.98 Å². The maximum Gasteiger partial charge on any atom is 0.0270 e. The Kier molecular flexibility index (Phi) is 6.03. The number of thioether (sulfide) groups is 1. The molecular weight excluding hydrogens is 202 g/mol. The predicted octanol–water partition coefficient (Wildman–Crippen LogP) is 3.33. The van der Waals surface area contributed by atoms with Gasteiger partial charge in [0.25, 0.3) is 0 Å². The van der Waals surface area contributed by atoms with Crippen LogP contribution in [0.25, 0.3) is 0 Å². The van der Waals surface area contributed by atoms with Gasteiger partial charge in [-0.25, -0.2) is 0 Å². The van der Waals surface area contributed by atoms with Crippen LogP contribution >= 0.6 is 23.4 Å². The molecule has 0 unspecified atom stereocenters. The quantitative estimate of drug-likeness (QED) is 0.533. The maximum absolute atomic E-state index is 5.58. The number of aromatic nitrogens is 1. The number of nitrogens with zero attached hydrogens (tertiary/aromatic N) is 1. The third kappa shape index (κ3) is 5.17. The minimum Gasteiger partial charge on any atom is -0.265 e. The molecule has 0 fully saturated rings. The summed E-state index contributed by atoms with van der Waals surface area (Å²) in [7, 11) is 0. The molecule has 13 heavy (non-hydrogen) atoms. The summed E-state index contributed by atoms with van der Waals surface area (Å²) >= 11 is 7.54. The molecule has 0 aromatic carbocycles. The van der Waals surface area contributed by atoms with Crippen molar-refractivity contribution in [2.75, 3.05) is 11.6 Å². The molecule has 0 aliphatic carbocycles. The summed E-state index contributed by atoms with van der Waals surface area (Å²) in [6.07, 6.45) is 6.04. The van der Waals surface area contributed by atoms with Crippen LogP contribution in [0.4, 0.5) is 0 Å². The van der Waals surface area contributed by atoms with E-state index in [1.165, 1.54) is 17.7 Å². The van der Waals surface area contributed by atoms with Crippen molar-refractivity contribution in [3.8, 4) is 0 Å². The van der Waals surface area contributed by atoms with Crippen LogP contribution in [0.2, 0.25) is 0 Å². The second-order valence-electron chi connectivity index (χ2n) is 2.80. The number of pyridine rings is 1. The topological polar surface area (TPSA) is 12.9 Å². The van der Waals surface area contributed by atoms with Crippen molar-refractivity contribution in [3.05, 3.63) is 30.1 Å². The van der Waals surface area contributed by atoms with Gasteiger partial charge in [0, 0.05) is 24.0 Å². The van der Waals surface area contributed by atoms with E-state index in [0.717, 1.165) is 18.1 Å². The summed E-state index contributed by atoms with van der Waals surface area (Å²) in [4.78, 5) is 3.98.